The maximum absolute atomic E-state index is 12.8. The first-order valence-corrected chi connectivity index (χ1v) is 10.4. The van der Waals surface area contributed by atoms with Crippen LogP contribution in [0.2, 0.25) is 0 Å². The van der Waals surface area contributed by atoms with Crippen molar-refractivity contribution >= 4 is 37.9 Å². The van der Waals surface area contributed by atoms with E-state index in [9.17, 15) is 9.59 Å². The number of hydrogen-bond acceptors (Lipinski definition) is 6. The van der Waals surface area contributed by atoms with Crippen molar-refractivity contribution in [1.29, 1.82) is 0 Å². The van der Waals surface area contributed by atoms with Gasteiger partial charge < -0.3 is 13.6 Å². The average Bonchev–Trinajstić information content (AvgIpc) is 2.72. The van der Waals surface area contributed by atoms with Crippen LogP contribution in [0.25, 0.3) is 33.1 Å². The van der Waals surface area contributed by atoms with E-state index in [-0.39, 0.29) is 6.04 Å². The van der Waals surface area contributed by atoms with E-state index < -0.39 is 11.3 Å². The minimum atomic E-state index is -0.527. The summed E-state index contributed by atoms with van der Waals surface area (Å²) in [6, 6.07) is 12.5. The van der Waals surface area contributed by atoms with Crippen molar-refractivity contribution in [3.8, 4) is 16.9 Å². The van der Waals surface area contributed by atoms with Crippen molar-refractivity contribution in [3.63, 3.8) is 0 Å². The zero-order valence-corrected chi connectivity index (χ0v) is 18.0. The van der Waals surface area contributed by atoms with Gasteiger partial charge in [-0.2, -0.15) is 0 Å². The first kappa shape index (κ1) is 19.1. The van der Waals surface area contributed by atoms with Gasteiger partial charge in [-0.05, 0) is 50.2 Å². The Hall–Kier alpha value is -2.90. The molecule has 5 rings (SSSR count). The Labute approximate surface area is 179 Å². The standard InChI is InChI=1S/C23H18BrNO5/c1-12(2)25-10-18-20(28-11-25)6-4-15-16(9-21(26)30-22(15)18)17-8-13-7-14(24)3-5-19(13)29-23(17)27/h3-9,12H,10-11H2,1-2H3. The summed E-state index contributed by atoms with van der Waals surface area (Å²) >= 11 is 3.44. The number of rotatable bonds is 2. The van der Waals surface area contributed by atoms with E-state index in [1.54, 1.807) is 12.1 Å². The highest BCUT2D eigenvalue weighted by molar-refractivity contribution is 9.10. The quantitative estimate of drug-likeness (QED) is 0.390. The molecular formula is C23H18BrNO5. The topological polar surface area (TPSA) is 72.9 Å². The lowest BCUT2D eigenvalue weighted by molar-refractivity contribution is 0.0689. The zero-order chi connectivity index (χ0) is 21.0. The summed E-state index contributed by atoms with van der Waals surface area (Å²) in [4.78, 5) is 27.3. The predicted octanol–water partition coefficient (Wildman–Crippen LogP) is 4.89. The fourth-order valence-corrected chi connectivity index (χ4v) is 4.17. The van der Waals surface area contributed by atoms with Gasteiger partial charge in [-0.1, -0.05) is 15.9 Å². The van der Waals surface area contributed by atoms with Gasteiger partial charge in [-0.25, -0.2) is 9.59 Å². The molecule has 0 amide bonds. The van der Waals surface area contributed by atoms with E-state index in [1.807, 2.05) is 24.3 Å². The lowest BCUT2D eigenvalue weighted by atomic mass is 9.99. The molecule has 2 aromatic carbocycles. The van der Waals surface area contributed by atoms with E-state index in [4.69, 9.17) is 13.6 Å². The molecule has 0 saturated carbocycles. The molecule has 0 radical (unpaired) electrons. The zero-order valence-electron chi connectivity index (χ0n) is 16.4. The summed E-state index contributed by atoms with van der Waals surface area (Å²) in [5, 5.41) is 1.43. The Kier molecular flexibility index (Phi) is 4.52. The van der Waals surface area contributed by atoms with Gasteiger partial charge in [0.05, 0.1) is 11.1 Å². The van der Waals surface area contributed by atoms with E-state index in [1.165, 1.54) is 6.07 Å². The normalized spacial score (nSPS) is 14.3. The van der Waals surface area contributed by atoms with Crippen LogP contribution in [0.15, 0.2) is 65.4 Å². The summed E-state index contributed by atoms with van der Waals surface area (Å²) < 4.78 is 17.8. The molecule has 0 aliphatic carbocycles. The summed E-state index contributed by atoms with van der Waals surface area (Å²) in [5.41, 5.74) is 1.50. The highest BCUT2D eigenvalue weighted by Crippen LogP contribution is 2.36. The van der Waals surface area contributed by atoms with Crippen LogP contribution in [0.1, 0.15) is 19.4 Å². The predicted molar refractivity (Wildman–Crippen MR) is 118 cm³/mol. The van der Waals surface area contributed by atoms with Gasteiger partial charge in [0.25, 0.3) is 0 Å². The molecule has 1 aliphatic rings. The van der Waals surface area contributed by atoms with Crippen LogP contribution in [0.3, 0.4) is 0 Å². The summed E-state index contributed by atoms with van der Waals surface area (Å²) in [5.74, 6) is 0.689. The number of benzene rings is 2. The van der Waals surface area contributed by atoms with Crippen LogP contribution in [-0.2, 0) is 6.54 Å². The van der Waals surface area contributed by atoms with E-state index >= 15 is 0 Å². The third-order valence-electron chi connectivity index (χ3n) is 5.43. The molecule has 0 atom stereocenters. The first-order valence-electron chi connectivity index (χ1n) is 9.61. The molecule has 0 spiro atoms. The number of halogens is 1. The summed E-state index contributed by atoms with van der Waals surface area (Å²) in [6.45, 7) is 5.23. The number of hydrogen-bond donors (Lipinski definition) is 0. The molecule has 0 bridgehead atoms. The highest BCUT2D eigenvalue weighted by Gasteiger charge is 2.24. The number of nitrogens with zero attached hydrogens (tertiary/aromatic N) is 1. The van der Waals surface area contributed by atoms with Crippen molar-refractivity contribution in [1.82, 2.24) is 4.90 Å². The summed E-state index contributed by atoms with van der Waals surface area (Å²) in [7, 11) is 0. The average molecular weight is 468 g/mol. The summed E-state index contributed by atoms with van der Waals surface area (Å²) in [6.07, 6.45) is 0. The molecule has 1 aliphatic heterocycles. The fraction of sp³-hybridized carbons (Fsp3) is 0.217. The fourth-order valence-electron chi connectivity index (χ4n) is 3.79. The van der Waals surface area contributed by atoms with Gasteiger partial charge in [-0.15, -0.1) is 0 Å². The Morgan fingerprint density at radius 3 is 2.63 bits per heavy atom. The maximum atomic E-state index is 12.8. The smallest absolute Gasteiger partial charge is 0.344 e. The Bertz CT molecular complexity index is 1420. The second-order valence-corrected chi connectivity index (χ2v) is 8.56. The van der Waals surface area contributed by atoms with Gasteiger partial charge in [0, 0.05) is 39.5 Å². The van der Waals surface area contributed by atoms with Gasteiger partial charge in [-0.3, -0.25) is 4.90 Å². The number of fused-ring (bicyclic) bond motifs is 4. The molecule has 152 valence electrons. The Morgan fingerprint density at radius 1 is 1.00 bits per heavy atom. The lowest BCUT2D eigenvalue weighted by Crippen LogP contribution is -2.37. The SMILES string of the molecule is CC(C)N1COc2ccc3c(-c4cc5cc(Br)ccc5oc4=O)cc(=O)oc3c2C1. The Balaban J connectivity index is 1.78. The molecule has 0 saturated heterocycles. The largest absolute Gasteiger partial charge is 0.478 e. The van der Waals surface area contributed by atoms with Gasteiger partial charge in [0.1, 0.15) is 23.6 Å². The van der Waals surface area contributed by atoms with E-state index in [0.29, 0.717) is 46.7 Å². The van der Waals surface area contributed by atoms with Crippen molar-refractivity contribution in [3.05, 3.63) is 73.3 Å². The van der Waals surface area contributed by atoms with Crippen molar-refractivity contribution < 1.29 is 13.6 Å². The van der Waals surface area contributed by atoms with Crippen LogP contribution in [0.4, 0.5) is 0 Å². The number of ether oxygens (including phenoxy) is 1. The maximum Gasteiger partial charge on any atom is 0.344 e. The molecule has 7 heteroatoms. The van der Waals surface area contributed by atoms with E-state index in [2.05, 4.69) is 34.7 Å². The molecule has 4 aromatic rings. The molecule has 0 N–H and O–H groups in total. The second-order valence-electron chi connectivity index (χ2n) is 7.64. The van der Waals surface area contributed by atoms with Gasteiger partial charge in [0.15, 0.2) is 0 Å². The van der Waals surface area contributed by atoms with Crippen molar-refractivity contribution in [2.45, 2.75) is 26.4 Å². The van der Waals surface area contributed by atoms with Crippen molar-refractivity contribution in [2.75, 3.05) is 6.73 Å². The van der Waals surface area contributed by atoms with Crippen LogP contribution >= 0.6 is 15.9 Å². The molecular weight excluding hydrogens is 450 g/mol. The Morgan fingerprint density at radius 2 is 1.83 bits per heavy atom. The van der Waals surface area contributed by atoms with Crippen molar-refractivity contribution in [2.24, 2.45) is 0 Å². The highest BCUT2D eigenvalue weighted by atomic mass is 79.9. The molecule has 6 nitrogen and oxygen atoms in total. The van der Waals surface area contributed by atoms with Gasteiger partial charge in [0.2, 0.25) is 0 Å². The third kappa shape index (κ3) is 3.14. The lowest BCUT2D eigenvalue weighted by Gasteiger charge is -2.32. The molecule has 30 heavy (non-hydrogen) atoms. The second kappa shape index (κ2) is 7.11. The van der Waals surface area contributed by atoms with Crippen LogP contribution < -0.4 is 16.0 Å². The monoisotopic (exact) mass is 467 g/mol. The third-order valence-corrected chi connectivity index (χ3v) is 5.93. The first-order chi connectivity index (χ1) is 14.4. The minimum Gasteiger partial charge on any atom is -0.478 e. The molecule has 2 aromatic heterocycles. The molecule has 0 fully saturated rings. The van der Waals surface area contributed by atoms with Crippen LogP contribution in [0, 0.1) is 0 Å². The molecule has 0 unspecified atom stereocenters. The van der Waals surface area contributed by atoms with Crippen LogP contribution in [0.5, 0.6) is 5.75 Å². The van der Waals surface area contributed by atoms with Crippen LogP contribution in [-0.4, -0.2) is 17.7 Å². The van der Waals surface area contributed by atoms with Gasteiger partial charge >= 0.3 is 11.3 Å². The molecule has 3 heterocycles. The van der Waals surface area contributed by atoms with E-state index in [0.717, 1.165) is 15.4 Å². The minimum absolute atomic E-state index is 0.272.